The maximum absolute atomic E-state index is 13.7. The van der Waals surface area contributed by atoms with Crippen LogP contribution in [0.3, 0.4) is 0 Å². The Morgan fingerprint density at radius 1 is 1.23 bits per heavy atom. The number of hydrogen-bond acceptors (Lipinski definition) is 6. The first-order valence-electron chi connectivity index (χ1n) is 11.1. The fourth-order valence-corrected chi connectivity index (χ4v) is 5.79. The van der Waals surface area contributed by atoms with E-state index < -0.39 is 0 Å². The Hall–Kier alpha value is -1.50. The molecule has 1 aliphatic heterocycles. The van der Waals surface area contributed by atoms with Crippen LogP contribution in [-0.2, 0) is 6.42 Å². The van der Waals surface area contributed by atoms with Crippen molar-refractivity contribution in [2.45, 2.75) is 71.1 Å². The van der Waals surface area contributed by atoms with Gasteiger partial charge in [0.15, 0.2) is 5.78 Å². The summed E-state index contributed by atoms with van der Waals surface area (Å²) in [5, 5.41) is 4.76. The number of unbranched alkanes of at least 4 members (excludes halogenated alkanes) is 1. The lowest BCUT2D eigenvalue weighted by Gasteiger charge is -2.34. The predicted octanol–water partition coefficient (Wildman–Crippen LogP) is 5.18. The standard InChI is InChI=1S/C22H30Cl2N4O2/c1-2-3-10-22(15-7-4-5-8-15)13-14-12-16(19(23)20(24)18(14)21(22)29)30-11-6-9-17-25-27-28-26-17/h12,15,27-28H,2-11,13H2,1H3,(H,25,26). The van der Waals surface area contributed by atoms with Crippen LogP contribution in [0, 0.1) is 11.3 Å². The Morgan fingerprint density at radius 2 is 2.03 bits per heavy atom. The summed E-state index contributed by atoms with van der Waals surface area (Å²) in [7, 11) is 0. The zero-order chi connectivity index (χ0) is 21.1. The minimum atomic E-state index is -0.313. The number of ketones is 1. The number of carbonyl (C=O) groups is 1. The fourth-order valence-electron chi connectivity index (χ4n) is 5.28. The maximum Gasteiger partial charge on any atom is 0.171 e. The van der Waals surface area contributed by atoms with E-state index >= 15 is 0 Å². The number of fused-ring (bicyclic) bond motifs is 1. The van der Waals surface area contributed by atoms with Crippen LogP contribution in [0.1, 0.15) is 80.6 Å². The summed E-state index contributed by atoms with van der Waals surface area (Å²) in [5.41, 5.74) is 9.59. The molecule has 0 radical (unpaired) electrons. The van der Waals surface area contributed by atoms with Crippen LogP contribution in [-0.4, -0.2) is 18.2 Å². The third-order valence-corrected chi connectivity index (χ3v) is 7.67. The molecule has 164 valence electrons. The molecule has 4 rings (SSSR count). The maximum atomic E-state index is 13.7. The van der Waals surface area contributed by atoms with Gasteiger partial charge >= 0.3 is 0 Å². The highest BCUT2D eigenvalue weighted by molar-refractivity contribution is 6.45. The third-order valence-electron chi connectivity index (χ3n) is 6.82. The first-order valence-corrected chi connectivity index (χ1v) is 11.8. The van der Waals surface area contributed by atoms with Crippen molar-refractivity contribution in [2.24, 2.45) is 16.4 Å². The van der Waals surface area contributed by atoms with E-state index in [1.54, 1.807) is 0 Å². The molecule has 0 spiro atoms. The molecule has 3 aliphatic rings. The number of benzene rings is 1. The second kappa shape index (κ2) is 9.33. The monoisotopic (exact) mass is 452 g/mol. The van der Waals surface area contributed by atoms with E-state index in [0.29, 0.717) is 33.9 Å². The van der Waals surface area contributed by atoms with Crippen molar-refractivity contribution in [2.75, 3.05) is 6.61 Å². The van der Waals surface area contributed by atoms with Crippen LogP contribution in [0.15, 0.2) is 11.2 Å². The van der Waals surface area contributed by atoms with E-state index in [1.807, 2.05) is 6.07 Å². The van der Waals surface area contributed by atoms with Gasteiger partial charge in [-0.2, -0.15) is 0 Å². The predicted molar refractivity (Wildman–Crippen MR) is 120 cm³/mol. The van der Waals surface area contributed by atoms with Crippen LogP contribution < -0.4 is 21.2 Å². The molecular formula is C22H30Cl2N4O2. The van der Waals surface area contributed by atoms with E-state index in [4.69, 9.17) is 27.9 Å². The molecule has 2 aliphatic carbocycles. The number of nitrogens with one attached hydrogen (secondary N) is 3. The number of hydrazone groups is 1. The van der Waals surface area contributed by atoms with Gasteiger partial charge in [-0.05, 0) is 49.7 Å². The summed E-state index contributed by atoms with van der Waals surface area (Å²) in [6.07, 6.45) is 10.1. The zero-order valence-electron chi connectivity index (χ0n) is 17.5. The van der Waals surface area contributed by atoms with Gasteiger partial charge in [0.25, 0.3) is 0 Å². The molecule has 30 heavy (non-hydrogen) atoms. The lowest BCUT2D eigenvalue weighted by molar-refractivity contribution is 0.0671. The van der Waals surface area contributed by atoms with E-state index in [1.165, 1.54) is 12.8 Å². The molecule has 1 aromatic rings. The molecule has 1 atom stereocenters. The van der Waals surface area contributed by atoms with Gasteiger partial charge in [-0.1, -0.05) is 55.8 Å². The topological polar surface area (TPSA) is 74.8 Å². The summed E-state index contributed by atoms with van der Waals surface area (Å²) in [4.78, 5) is 13.7. The molecule has 1 saturated carbocycles. The van der Waals surface area contributed by atoms with Crippen molar-refractivity contribution in [3.63, 3.8) is 0 Å². The highest BCUT2D eigenvalue weighted by atomic mass is 35.5. The van der Waals surface area contributed by atoms with Crippen LogP contribution in [0.25, 0.3) is 0 Å². The normalized spacial score (nSPS) is 23.3. The second-order valence-corrected chi connectivity index (χ2v) is 9.41. The van der Waals surface area contributed by atoms with Crippen LogP contribution >= 0.6 is 23.2 Å². The molecule has 0 saturated heterocycles. The van der Waals surface area contributed by atoms with Gasteiger partial charge in [0, 0.05) is 17.4 Å². The Kier molecular flexibility index (Phi) is 6.75. The zero-order valence-corrected chi connectivity index (χ0v) is 19.0. The number of amidine groups is 1. The molecule has 6 nitrogen and oxygen atoms in total. The summed E-state index contributed by atoms with van der Waals surface area (Å²) in [5.74, 6) is 2.06. The van der Waals surface area contributed by atoms with Crippen molar-refractivity contribution >= 4 is 34.8 Å². The largest absolute Gasteiger partial charge is 0.492 e. The van der Waals surface area contributed by atoms with E-state index in [0.717, 1.165) is 62.8 Å². The van der Waals surface area contributed by atoms with Crippen molar-refractivity contribution in [1.82, 2.24) is 16.5 Å². The SMILES string of the molecule is CCCCC1(C2CCCC2)Cc2cc(OCCCC3=NNNN3)c(Cl)c(Cl)c2C1=O. The van der Waals surface area contributed by atoms with E-state index in [2.05, 4.69) is 28.5 Å². The lowest BCUT2D eigenvalue weighted by atomic mass is 9.68. The molecular weight excluding hydrogens is 423 g/mol. The molecule has 8 heteroatoms. The van der Waals surface area contributed by atoms with Gasteiger partial charge in [0.2, 0.25) is 0 Å². The molecule has 1 fully saturated rings. The Bertz CT molecular complexity index is 839. The average Bonchev–Trinajstić information content (AvgIpc) is 3.49. The van der Waals surface area contributed by atoms with Crippen LogP contribution in [0.4, 0.5) is 0 Å². The quantitative estimate of drug-likeness (QED) is 0.449. The van der Waals surface area contributed by atoms with E-state index in [9.17, 15) is 4.79 Å². The van der Waals surface area contributed by atoms with Crippen LogP contribution in [0.5, 0.6) is 5.75 Å². The first kappa shape index (κ1) is 21.7. The number of hydrazine groups is 2. The second-order valence-electron chi connectivity index (χ2n) is 8.66. The van der Waals surface area contributed by atoms with Gasteiger partial charge in [-0.3, -0.25) is 10.2 Å². The fraction of sp³-hybridized carbons (Fsp3) is 0.636. The number of ether oxygens (including phenoxy) is 1. The van der Waals surface area contributed by atoms with Gasteiger partial charge in [-0.25, -0.2) is 5.53 Å². The van der Waals surface area contributed by atoms with Crippen molar-refractivity contribution in [3.05, 3.63) is 27.2 Å². The molecule has 1 aromatic carbocycles. The van der Waals surface area contributed by atoms with Gasteiger partial charge in [0.05, 0.1) is 11.6 Å². The number of Topliss-reactive ketones (excluding diaryl/α,β-unsaturated/α-hetero) is 1. The molecule has 0 aromatic heterocycles. The van der Waals surface area contributed by atoms with Crippen molar-refractivity contribution in [3.8, 4) is 5.75 Å². The summed E-state index contributed by atoms with van der Waals surface area (Å²) < 4.78 is 5.96. The number of nitrogens with zero attached hydrogens (tertiary/aromatic N) is 1. The Balaban J connectivity index is 1.52. The highest BCUT2D eigenvalue weighted by Crippen LogP contribution is 2.54. The Labute approximate surface area is 188 Å². The highest BCUT2D eigenvalue weighted by Gasteiger charge is 2.51. The number of hydrogen-bond donors (Lipinski definition) is 3. The smallest absolute Gasteiger partial charge is 0.171 e. The van der Waals surface area contributed by atoms with Crippen molar-refractivity contribution in [1.29, 1.82) is 0 Å². The first-order chi connectivity index (χ1) is 14.6. The summed E-state index contributed by atoms with van der Waals surface area (Å²) in [6.45, 7) is 2.68. The summed E-state index contributed by atoms with van der Waals surface area (Å²) in [6, 6.07) is 1.96. The minimum Gasteiger partial charge on any atom is -0.492 e. The molecule has 0 amide bonds. The van der Waals surface area contributed by atoms with Gasteiger partial charge < -0.3 is 4.74 Å². The average molecular weight is 453 g/mol. The van der Waals surface area contributed by atoms with Gasteiger partial charge in [0.1, 0.15) is 16.6 Å². The van der Waals surface area contributed by atoms with Crippen molar-refractivity contribution < 1.29 is 9.53 Å². The van der Waals surface area contributed by atoms with E-state index in [-0.39, 0.29) is 11.2 Å². The number of halogens is 2. The van der Waals surface area contributed by atoms with Crippen LogP contribution in [0.2, 0.25) is 10.0 Å². The summed E-state index contributed by atoms with van der Waals surface area (Å²) >= 11 is 13.2. The minimum absolute atomic E-state index is 0.210. The van der Waals surface area contributed by atoms with Gasteiger partial charge in [-0.15, -0.1) is 10.6 Å². The Morgan fingerprint density at radius 3 is 2.73 bits per heavy atom. The molecule has 3 N–H and O–H groups in total. The number of rotatable bonds is 9. The molecule has 0 bridgehead atoms. The lowest BCUT2D eigenvalue weighted by Crippen LogP contribution is -2.35. The third kappa shape index (κ3) is 4.02. The molecule has 1 unspecified atom stereocenters. The molecule has 1 heterocycles. The number of carbonyl (C=O) groups excluding carboxylic acids is 1.